The molecule has 6 rings (SSSR count). The largest absolute Gasteiger partial charge is 0.508 e. The van der Waals surface area contributed by atoms with E-state index in [4.69, 9.17) is 0 Å². The Morgan fingerprint density at radius 3 is 1.52 bits per heavy atom. The summed E-state index contributed by atoms with van der Waals surface area (Å²) in [5.74, 6) is 1.11. The van der Waals surface area contributed by atoms with Gasteiger partial charge in [-0.2, -0.15) is 0 Å². The van der Waals surface area contributed by atoms with E-state index in [2.05, 4.69) is 34.1 Å². The van der Waals surface area contributed by atoms with Crippen LogP contribution < -0.4 is 16.0 Å². The van der Waals surface area contributed by atoms with E-state index >= 15 is 0 Å². The number of benzene rings is 3. The maximum absolute atomic E-state index is 12.2. The van der Waals surface area contributed by atoms with E-state index in [0.717, 1.165) is 36.2 Å². The number of fused-ring (bicyclic) bond motifs is 3. The summed E-state index contributed by atoms with van der Waals surface area (Å²) >= 11 is 0. The van der Waals surface area contributed by atoms with Gasteiger partial charge in [0.05, 0.1) is 18.1 Å². The van der Waals surface area contributed by atoms with E-state index in [1.54, 1.807) is 12.1 Å². The molecule has 0 aliphatic carbocycles. The Labute approximate surface area is 287 Å². The zero-order valence-electron chi connectivity index (χ0n) is 30.3. The van der Waals surface area contributed by atoms with Crippen molar-refractivity contribution in [2.45, 2.75) is 113 Å². The molecule has 258 valence electrons. The fourth-order valence-corrected chi connectivity index (χ4v) is 6.34. The van der Waals surface area contributed by atoms with Crippen LogP contribution >= 0.6 is 0 Å². The zero-order chi connectivity index (χ0) is 35.4. The van der Waals surface area contributed by atoms with Crippen molar-refractivity contribution in [3.05, 3.63) is 100 Å². The molecule has 0 saturated carbocycles. The predicted molar refractivity (Wildman–Crippen MR) is 193 cm³/mol. The fourth-order valence-electron chi connectivity index (χ4n) is 6.34. The van der Waals surface area contributed by atoms with Gasteiger partial charge < -0.3 is 15.7 Å². The Morgan fingerprint density at radius 2 is 0.979 bits per heavy atom. The molecule has 0 fully saturated rings. The number of carbonyl (C=O) groups excluding carboxylic acids is 3. The number of Topliss-reactive ketones (excluding diaryl/α,β-unsaturated/α-hetero) is 3. The van der Waals surface area contributed by atoms with E-state index in [0.29, 0.717) is 18.7 Å². The average Bonchev–Trinajstić information content (AvgIpc) is 3.46. The first-order valence-corrected chi connectivity index (χ1v) is 17.1. The Hall–Kier alpha value is -3.65. The molecule has 0 spiro atoms. The number of phenols is 1. The summed E-state index contributed by atoms with van der Waals surface area (Å²) in [5, 5.41) is 19.3. The van der Waals surface area contributed by atoms with E-state index in [-0.39, 0.29) is 51.7 Å². The van der Waals surface area contributed by atoms with Crippen molar-refractivity contribution in [2.24, 2.45) is 16.2 Å². The quantitative estimate of drug-likeness (QED) is 0.247. The maximum atomic E-state index is 12.2. The van der Waals surface area contributed by atoms with Gasteiger partial charge in [0, 0.05) is 35.9 Å². The third-order valence-electron chi connectivity index (χ3n) is 9.21. The monoisotopic (exact) mass is 653 g/mol. The summed E-state index contributed by atoms with van der Waals surface area (Å²) in [6.45, 7) is 20.0. The van der Waals surface area contributed by atoms with E-state index in [1.807, 2.05) is 98.7 Å². The summed E-state index contributed by atoms with van der Waals surface area (Å²) < 4.78 is 0. The minimum Gasteiger partial charge on any atom is -0.508 e. The average molecular weight is 654 g/mol. The topological polar surface area (TPSA) is 108 Å². The van der Waals surface area contributed by atoms with Crippen LogP contribution in [-0.4, -0.2) is 34.5 Å². The first kappa shape index (κ1) is 37.2. The van der Waals surface area contributed by atoms with Crippen LogP contribution in [-0.2, 0) is 46.9 Å². The third kappa shape index (κ3) is 9.28. The summed E-state index contributed by atoms with van der Waals surface area (Å²) in [6.07, 6.45) is 1.54. The standard InChI is InChI=1S/C14H19NO2.C14H19NO.C13H17NO/c1-14(2,3)13(17)12-7-9-4-5-11(16)6-10(9)8-15-12;1-14(2,3)13(16)12-8-10-6-4-5-7-11(10)9-15-12;1-13(2,3)12(15)11-10-7-5-4-6-9(10)8-14-11/h4-6,12,15-16H,7-8H2,1-3H3;4-7,12,15H,8-9H2,1-3H3;4-7,11,14H,8H2,1-3H3/t2*12-;11-/m111/s1. The molecule has 3 aromatic carbocycles. The van der Waals surface area contributed by atoms with Crippen molar-refractivity contribution >= 4 is 17.3 Å². The van der Waals surface area contributed by atoms with Crippen molar-refractivity contribution in [3.63, 3.8) is 0 Å². The van der Waals surface area contributed by atoms with Crippen LogP contribution in [0.15, 0.2) is 66.7 Å². The zero-order valence-corrected chi connectivity index (χ0v) is 30.3. The molecule has 3 aliphatic rings. The second kappa shape index (κ2) is 14.9. The van der Waals surface area contributed by atoms with Crippen LogP contribution in [0.1, 0.15) is 102 Å². The lowest BCUT2D eigenvalue weighted by Gasteiger charge is -2.30. The van der Waals surface area contributed by atoms with Gasteiger partial charge in [-0.05, 0) is 58.4 Å². The summed E-state index contributed by atoms with van der Waals surface area (Å²) in [4.78, 5) is 36.5. The fraction of sp³-hybridized carbons (Fsp3) is 0.488. The minimum absolute atomic E-state index is 0.0186. The van der Waals surface area contributed by atoms with Gasteiger partial charge in [0.25, 0.3) is 0 Å². The molecule has 7 heteroatoms. The molecule has 0 unspecified atom stereocenters. The number of phenolic OH excluding ortho intramolecular Hbond substituents is 1. The molecule has 3 heterocycles. The molecule has 7 nitrogen and oxygen atoms in total. The van der Waals surface area contributed by atoms with Crippen LogP contribution in [0.2, 0.25) is 0 Å². The summed E-state index contributed by atoms with van der Waals surface area (Å²) in [6, 6.07) is 21.6. The molecule has 0 saturated heterocycles. The van der Waals surface area contributed by atoms with Gasteiger partial charge in [-0.1, -0.05) is 117 Å². The van der Waals surface area contributed by atoms with Crippen molar-refractivity contribution in [1.82, 2.24) is 16.0 Å². The van der Waals surface area contributed by atoms with Crippen molar-refractivity contribution in [2.75, 3.05) is 0 Å². The molecule has 3 aromatic rings. The van der Waals surface area contributed by atoms with Crippen LogP contribution in [0.4, 0.5) is 0 Å². The molecule has 4 N–H and O–H groups in total. The Balaban J connectivity index is 0.000000163. The van der Waals surface area contributed by atoms with Crippen LogP contribution in [0.5, 0.6) is 5.75 Å². The van der Waals surface area contributed by atoms with Gasteiger partial charge in [-0.25, -0.2) is 0 Å². The Bertz CT molecular complexity index is 1620. The molecule has 3 atom stereocenters. The SMILES string of the molecule is CC(C)(C)C(=O)[C@@H]1NCc2ccccc21.CC(C)(C)C(=O)[C@H]1Cc2ccc(O)cc2CN1.CC(C)(C)C(=O)[C@H]1Cc2ccccc2CN1. The summed E-state index contributed by atoms with van der Waals surface area (Å²) in [7, 11) is 0. The minimum atomic E-state index is -0.313. The molecule has 0 amide bonds. The highest BCUT2D eigenvalue weighted by Crippen LogP contribution is 2.32. The maximum Gasteiger partial charge on any atom is 0.159 e. The molecular weight excluding hydrogens is 598 g/mol. The number of aromatic hydroxyl groups is 1. The highest BCUT2D eigenvalue weighted by Gasteiger charge is 2.35. The van der Waals surface area contributed by atoms with E-state index in [1.165, 1.54) is 16.7 Å². The molecule has 0 aromatic heterocycles. The molecule has 3 aliphatic heterocycles. The molecule has 0 bridgehead atoms. The number of hydrogen-bond acceptors (Lipinski definition) is 7. The highest BCUT2D eigenvalue weighted by molar-refractivity contribution is 5.91. The van der Waals surface area contributed by atoms with E-state index in [9.17, 15) is 19.5 Å². The van der Waals surface area contributed by atoms with Crippen molar-refractivity contribution < 1.29 is 19.5 Å². The predicted octanol–water partition coefficient (Wildman–Crippen LogP) is 6.78. The Kier molecular flexibility index (Phi) is 11.5. The van der Waals surface area contributed by atoms with Crippen LogP contribution in [0, 0.1) is 16.2 Å². The number of ketones is 3. The van der Waals surface area contributed by atoms with Crippen LogP contribution in [0.3, 0.4) is 0 Å². The van der Waals surface area contributed by atoms with Gasteiger partial charge in [-0.3, -0.25) is 19.7 Å². The lowest BCUT2D eigenvalue weighted by molar-refractivity contribution is -0.129. The smallest absolute Gasteiger partial charge is 0.159 e. The number of hydrogen-bond donors (Lipinski definition) is 4. The number of carbonyl (C=O) groups is 3. The highest BCUT2D eigenvalue weighted by atomic mass is 16.3. The first-order valence-electron chi connectivity index (χ1n) is 17.1. The van der Waals surface area contributed by atoms with Gasteiger partial charge in [0.2, 0.25) is 0 Å². The number of rotatable bonds is 3. The van der Waals surface area contributed by atoms with Crippen LogP contribution in [0.25, 0.3) is 0 Å². The Morgan fingerprint density at radius 1 is 0.542 bits per heavy atom. The second-order valence-corrected chi connectivity index (χ2v) is 16.4. The van der Waals surface area contributed by atoms with Gasteiger partial charge in [0.15, 0.2) is 17.3 Å². The van der Waals surface area contributed by atoms with Gasteiger partial charge in [0.1, 0.15) is 5.75 Å². The van der Waals surface area contributed by atoms with Gasteiger partial charge in [-0.15, -0.1) is 0 Å². The molecular formula is C41H55N3O4. The second-order valence-electron chi connectivity index (χ2n) is 16.4. The lowest BCUT2D eigenvalue weighted by atomic mass is 9.82. The number of nitrogens with one attached hydrogen (secondary N) is 3. The van der Waals surface area contributed by atoms with E-state index < -0.39 is 0 Å². The normalized spacial score (nSPS) is 20.1. The van der Waals surface area contributed by atoms with Crippen molar-refractivity contribution in [1.29, 1.82) is 0 Å². The molecule has 48 heavy (non-hydrogen) atoms. The third-order valence-corrected chi connectivity index (χ3v) is 9.21. The molecule has 0 radical (unpaired) electrons. The van der Waals surface area contributed by atoms with Gasteiger partial charge >= 0.3 is 0 Å². The lowest BCUT2D eigenvalue weighted by Crippen LogP contribution is -2.46. The summed E-state index contributed by atoms with van der Waals surface area (Å²) in [5.41, 5.74) is 6.42. The first-order chi connectivity index (χ1) is 22.4. The van der Waals surface area contributed by atoms with Crippen molar-refractivity contribution in [3.8, 4) is 5.75 Å².